The zero-order valence-corrected chi connectivity index (χ0v) is 13.0. The standard InChI is InChI=1S/C12H13N3O8S/c16-12(17)9-3-1-2-6-13(9)24(22,23)11-5-4-8(14(18)19)7-10(11)15(20)21/h4-5,7,9H,1-3,6H2,(H,16,17). The molecule has 1 aromatic carbocycles. The van der Waals surface area contributed by atoms with Crippen LogP contribution in [0.15, 0.2) is 23.1 Å². The fourth-order valence-electron chi connectivity index (χ4n) is 2.55. The van der Waals surface area contributed by atoms with E-state index in [0.29, 0.717) is 23.2 Å². The van der Waals surface area contributed by atoms with Crippen LogP contribution in [0.2, 0.25) is 0 Å². The lowest BCUT2D eigenvalue weighted by molar-refractivity contribution is -0.396. The van der Waals surface area contributed by atoms with Crippen LogP contribution in [-0.2, 0) is 14.8 Å². The Hall–Kier alpha value is -2.60. The van der Waals surface area contributed by atoms with Crippen LogP contribution in [0.3, 0.4) is 0 Å². The van der Waals surface area contributed by atoms with Gasteiger partial charge in [-0.05, 0) is 25.3 Å². The summed E-state index contributed by atoms with van der Waals surface area (Å²) >= 11 is 0. The van der Waals surface area contributed by atoms with E-state index in [0.717, 1.165) is 12.1 Å². The number of carboxylic acid groups (broad SMARTS) is 1. The Kier molecular flexibility index (Phi) is 4.80. The topological polar surface area (TPSA) is 161 Å². The van der Waals surface area contributed by atoms with E-state index in [9.17, 15) is 38.5 Å². The number of non-ortho nitro benzene ring substituents is 1. The molecule has 0 spiro atoms. The number of carboxylic acids is 1. The first kappa shape index (κ1) is 17.7. The van der Waals surface area contributed by atoms with Crippen LogP contribution in [0.25, 0.3) is 0 Å². The molecule has 1 atom stereocenters. The van der Waals surface area contributed by atoms with Crippen LogP contribution in [0.4, 0.5) is 11.4 Å². The summed E-state index contributed by atoms with van der Waals surface area (Å²) < 4.78 is 26.1. The van der Waals surface area contributed by atoms with E-state index in [1.807, 2.05) is 0 Å². The number of benzene rings is 1. The molecule has 12 heteroatoms. The van der Waals surface area contributed by atoms with Gasteiger partial charge in [-0.3, -0.25) is 25.0 Å². The van der Waals surface area contributed by atoms with Crippen LogP contribution in [-0.4, -0.2) is 46.2 Å². The number of aliphatic carboxylic acids is 1. The number of carbonyl (C=O) groups is 1. The maximum atomic E-state index is 12.7. The van der Waals surface area contributed by atoms with Crippen molar-refractivity contribution in [2.24, 2.45) is 0 Å². The fourth-order valence-corrected chi connectivity index (χ4v) is 4.34. The Morgan fingerprint density at radius 2 is 1.88 bits per heavy atom. The highest BCUT2D eigenvalue weighted by molar-refractivity contribution is 7.89. The number of piperidine rings is 1. The molecule has 11 nitrogen and oxygen atoms in total. The van der Waals surface area contributed by atoms with Crippen LogP contribution >= 0.6 is 0 Å². The summed E-state index contributed by atoms with van der Waals surface area (Å²) in [6, 6.07) is 0.823. The molecule has 1 saturated heterocycles. The molecule has 1 unspecified atom stereocenters. The number of nitro benzene ring substituents is 2. The van der Waals surface area contributed by atoms with Crippen molar-refractivity contribution >= 4 is 27.4 Å². The number of hydrogen-bond acceptors (Lipinski definition) is 7. The Labute approximate surface area is 135 Å². The third-order valence-corrected chi connectivity index (χ3v) is 5.63. The molecule has 0 aliphatic carbocycles. The van der Waals surface area contributed by atoms with Gasteiger partial charge in [-0.25, -0.2) is 8.42 Å². The maximum Gasteiger partial charge on any atom is 0.322 e. The summed E-state index contributed by atoms with van der Waals surface area (Å²) in [5.41, 5.74) is -1.59. The van der Waals surface area contributed by atoms with Gasteiger partial charge in [0, 0.05) is 12.6 Å². The van der Waals surface area contributed by atoms with Gasteiger partial charge < -0.3 is 5.11 Å². The molecule has 0 saturated carbocycles. The number of sulfonamides is 1. The van der Waals surface area contributed by atoms with Gasteiger partial charge in [0.05, 0.1) is 15.9 Å². The molecule has 130 valence electrons. The Morgan fingerprint density at radius 3 is 2.42 bits per heavy atom. The largest absolute Gasteiger partial charge is 0.480 e. The third-order valence-electron chi connectivity index (χ3n) is 3.68. The number of nitro groups is 2. The molecule has 1 fully saturated rings. The van der Waals surface area contributed by atoms with E-state index in [2.05, 4.69) is 0 Å². The van der Waals surface area contributed by atoms with Gasteiger partial charge in [-0.1, -0.05) is 0 Å². The van der Waals surface area contributed by atoms with E-state index in [1.54, 1.807) is 0 Å². The molecule has 1 heterocycles. The van der Waals surface area contributed by atoms with Crippen molar-refractivity contribution in [2.75, 3.05) is 6.54 Å². The van der Waals surface area contributed by atoms with Gasteiger partial charge in [-0.2, -0.15) is 4.31 Å². The summed E-state index contributed by atoms with van der Waals surface area (Å²) in [6.45, 7) is -0.0898. The lowest BCUT2D eigenvalue weighted by atomic mass is 10.1. The van der Waals surface area contributed by atoms with E-state index in [4.69, 9.17) is 0 Å². The number of nitrogens with zero attached hydrogens (tertiary/aromatic N) is 3. The average Bonchev–Trinajstić information content (AvgIpc) is 2.54. The van der Waals surface area contributed by atoms with E-state index in [-0.39, 0.29) is 13.0 Å². The number of hydrogen-bond donors (Lipinski definition) is 1. The molecule has 0 radical (unpaired) electrons. The average molecular weight is 359 g/mol. The smallest absolute Gasteiger partial charge is 0.322 e. The number of rotatable bonds is 5. The predicted octanol–water partition coefficient (Wildman–Crippen LogP) is 1.13. The van der Waals surface area contributed by atoms with Crippen LogP contribution < -0.4 is 0 Å². The first-order valence-electron chi connectivity index (χ1n) is 6.83. The van der Waals surface area contributed by atoms with E-state index in [1.165, 1.54) is 0 Å². The van der Waals surface area contributed by atoms with Crippen LogP contribution in [0.5, 0.6) is 0 Å². The van der Waals surface area contributed by atoms with Crippen LogP contribution in [0, 0.1) is 20.2 Å². The summed E-state index contributed by atoms with van der Waals surface area (Å²) in [4.78, 5) is 30.4. The van der Waals surface area contributed by atoms with Crippen molar-refractivity contribution in [1.82, 2.24) is 4.31 Å². The first-order valence-corrected chi connectivity index (χ1v) is 8.27. The lowest BCUT2D eigenvalue weighted by Crippen LogP contribution is -2.47. The molecule has 1 aliphatic rings. The SMILES string of the molecule is O=C(O)C1CCCCN1S(=O)(=O)c1ccc([N+](=O)[O-])cc1[N+](=O)[O-]. The van der Waals surface area contributed by atoms with Gasteiger partial charge in [0.25, 0.3) is 21.4 Å². The van der Waals surface area contributed by atoms with E-state index >= 15 is 0 Å². The molecule has 0 bridgehead atoms. The summed E-state index contributed by atoms with van der Waals surface area (Å²) in [5, 5.41) is 31.0. The minimum absolute atomic E-state index is 0.0898. The second-order valence-electron chi connectivity index (χ2n) is 5.13. The van der Waals surface area contributed by atoms with Gasteiger partial charge >= 0.3 is 5.97 Å². The van der Waals surface area contributed by atoms with Crippen molar-refractivity contribution in [3.63, 3.8) is 0 Å². The highest BCUT2D eigenvalue weighted by atomic mass is 32.2. The quantitative estimate of drug-likeness (QED) is 0.604. The highest BCUT2D eigenvalue weighted by Crippen LogP contribution is 2.33. The fraction of sp³-hybridized carbons (Fsp3) is 0.417. The normalized spacial score (nSPS) is 18.9. The van der Waals surface area contributed by atoms with Crippen LogP contribution in [0.1, 0.15) is 19.3 Å². The molecular formula is C12H13N3O8S. The highest BCUT2D eigenvalue weighted by Gasteiger charge is 2.41. The van der Waals surface area contributed by atoms with Gasteiger partial charge in [0.2, 0.25) is 0 Å². The molecule has 0 amide bonds. The zero-order chi connectivity index (χ0) is 18.1. The van der Waals surface area contributed by atoms with Crippen molar-refractivity contribution in [3.05, 3.63) is 38.4 Å². The summed E-state index contributed by atoms with van der Waals surface area (Å²) in [7, 11) is -4.49. The van der Waals surface area contributed by atoms with Gasteiger partial charge in [0.1, 0.15) is 6.04 Å². The molecule has 1 N–H and O–H groups in total. The Bertz CT molecular complexity index is 807. The second kappa shape index (κ2) is 6.49. The third kappa shape index (κ3) is 3.19. The first-order chi connectivity index (χ1) is 11.2. The predicted molar refractivity (Wildman–Crippen MR) is 78.9 cm³/mol. The van der Waals surface area contributed by atoms with Crippen molar-refractivity contribution in [1.29, 1.82) is 0 Å². The summed E-state index contributed by atoms with van der Waals surface area (Å²) in [5.74, 6) is -1.34. The van der Waals surface area contributed by atoms with Gasteiger partial charge in [-0.15, -0.1) is 0 Å². The molecule has 1 aromatic rings. The zero-order valence-electron chi connectivity index (χ0n) is 12.2. The van der Waals surface area contributed by atoms with Gasteiger partial charge in [0.15, 0.2) is 4.90 Å². The van der Waals surface area contributed by atoms with Crippen molar-refractivity contribution in [3.8, 4) is 0 Å². The van der Waals surface area contributed by atoms with Crippen molar-refractivity contribution in [2.45, 2.75) is 30.2 Å². The maximum absolute atomic E-state index is 12.7. The lowest BCUT2D eigenvalue weighted by Gasteiger charge is -2.31. The minimum atomic E-state index is -4.49. The molecule has 1 aliphatic heterocycles. The summed E-state index contributed by atoms with van der Waals surface area (Å²) in [6.07, 6.45) is 1.03. The van der Waals surface area contributed by atoms with Crippen molar-refractivity contribution < 1.29 is 28.2 Å². The monoisotopic (exact) mass is 359 g/mol. The Morgan fingerprint density at radius 1 is 1.21 bits per heavy atom. The second-order valence-corrected chi connectivity index (χ2v) is 6.99. The minimum Gasteiger partial charge on any atom is -0.480 e. The molecule has 2 rings (SSSR count). The van der Waals surface area contributed by atoms with E-state index < -0.39 is 48.2 Å². The Balaban J connectivity index is 2.58. The molecule has 0 aromatic heterocycles. The molecular weight excluding hydrogens is 346 g/mol. The molecule has 24 heavy (non-hydrogen) atoms.